The van der Waals surface area contributed by atoms with Gasteiger partial charge in [-0.1, -0.05) is 0 Å². The number of esters is 2. The van der Waals surface area contributed by atoms with E-state index in [1.165, 1.54) is 41.6 Å². The first-order chi connectivity index (χ1) is 11.0. The van der Waals surface area contributed by atoms with Gasteiger partial charge >= 0.3 is 11.9 Å². The molecule has 7 heteroatoms. The Labute approximate surface area is 134 Å². The van der Waals surface area contributed by atoms with E-state index < -0.39 is 11.9 Å². The second kappa shape index (κ2) is 8.67. The molecule has 0 amide bonds. The van der Waals surface area contributed by atoms with Crippen LogP contribution in [0.1, 0.15) is 12.0 Å². The van der Waals surface area contributed by atoms with Crippen LogP contribution in [0.15, 0.2) is 17.7 Å². The molecule has 0 fully saturated rings. The minimum atomic E-state index is -0.621. The smallest absolute Gasteiger partial charge is 0.334 e. The molecule has 0 radical (unpaired) electrons. The fraction of sp³-hybridized carbons (Fsp3) is 0.375. The summed E-state index contributed by atoms with van der Waals surface area (Å²) in [5, 5.41) is 0. The van der Waals surface area contributed by atoms with Crippen molar-refractivity contribution in [2.75, 3.05) is 35.5 Å². The summed E-state index contributed by atoms with van der Waals surface area (Å²) in [5.41, 5.74) is 0.734. The fourth-order valence-corrected chi connectivity index (χ4v) is 1.93. The van der Waals surface area contributed by atoms with Crippen LogP contribution in [0.25, 0.3) is 6.08 Å². The number of rotatable bonds is 7. The molecule has 0 aromatic heterocycles. The topological polar surface area (TPSA) is 80.3 Å². The standard InChI is InChI=1S/C16H20O7/c1-19-12-7-10(8-13(20-2)15(12)22-4)6-11(16(18)23-5)9-14(17)21-3/h6-8H,9H2,1-5H3/b11-6-. The Morgan fingerprint density at radius 3 is 1.87 bits per heavy atom. The van der Waals surface area contributed by atoms with Crippen molar-refractivity contribution < 1.29 is 33.3 Å². The van der Waals surface area contributed by atoms with Crippen molar-refractivity contribution >= 4 is 18.0 Å². The fourth-order valence-electron chi connectivity index (χ4n) is 1.93. The number of carbonyl (C=O) groups is 2. The van der Waals surface area contributed by atoms with Crippen LogP contribution in [0, 0.1) is 0 Å². The molecule has 0 N–H and O–H groups in total. The first-order valence-corrected chi connectivity index (χ1v) is 6.66. The summed E-state index contributed by atoms with van der Waals surface area (Å²) in [6, 6.07) is 3.31. The highest BCUT2D eigenvalue weighted by molar-refractivity contribution is 5.98. The first-order valence-electron chi connectivity index (χ1n) is 6.66. The molecule has 0 unspecified atom stereocenters. The van der Waals surface area contributed by atoms with Crippen LogP contribution in [0.3, 0.4) is 0 Å². The maximum atomic E-state index is 11.8. The lowest BCUT2D eigenvalue weighted by molar-refractivity contribution is -0.143. The summed E-state index contributed by atoms with van der Waals surface area (Å²) >= 11 is 0. The van der Waals surface area contributed by atoms with Crippen molar-refractivity contribution in [3.63, 3.8) is 0 Å². The third kappa shape index (κ3) is 4.64. The minimum absolute atomic E-state index is 0.147. The second-order valence-electron chi connectivity index (χ2n) is 4.37. The summed E-state index contributed by atoms with van der Waals surface area (Å²) in [5.74, 6) is 0.124. The zero-order valence-corrected chi connectivity index (χ0v) is 13.8. The van der Waals surface area contributed by atoms with Gasteiger partial charge in [0.1, 0.15) is 0 Å². The van der Waals surface area contributed by atoms with Crippen LogP contribution in [-0.2, 0) is 19.1 Å². The molecule has 23 heavy (non-hydrogen) atoms. The molecule has 0 atom stereocenters. The van der Waals surface area contributed by atoms with Gasteiger partial charge in [0.05, 0.1) is 42.0 Å². The van der Waals surface area contributed by atoms with Crippen LogP contribution in [0.5, 0.6) is 17.2 Å². The normalized spacial score (nSPS) is 10.7. The minimum Gasteiger partial charge on any atom is -0.493 e. The van der Waals surface area contributed by atoms with Crippen LogP contribution >= 0.6 is 0 Å². The van der Waals surface area contributed by atoms with Crippen molar-refractivity contribution in [3.05, 3.63) is 23.3 Å². The monoisotopic (exact) mass is 324 g/mol. The Morgan fingerprint density at radius 1 is 0.913 bits per heavy atom. The van der Waals surface area contributed by atoms with Gasteiger partial charge in [0.25, 0.3) is 0 Å². The van der Waals surface area contributed by atoms with E-state index in [0.717, 1.165) is 0 Å². The van der Waals surface area contributed by atoms with E-state index in [1.54, 1.807) is 12.1 Å². The predicted molar refractivity (Wildman–Crippen MR) is 82.7 cm³/mol. The third-order valence-electron chi connectivity index (χ3n) is 3.04. The molecular weight excluding hydrogens is 304 g/mol. The molecule has 0 aliphatic heterocycles. The lowest BCUT2D eigenvalue weighted by Crippen LogP contribution is -2.11. The molecule has 0 aliphatic rings. The van der Waals surface area contributed by atoms with Crippen LogP contribution in [0.4, 0.5) is 0 Å². The zero-order valence-electron chi connectivity index (χ0n) is 13.8. The number of ether oxygens (including phenoxy) is 5. The zero-order chi connectivity index (χ0) is 17.4. The SMILES string of the molecule is COC(=O)C/C(=C/c1cc(OC)c(OC)c(OC)c1)C(=O)OC. The van der Waals surface area contributed by atoms with Crippen molar-refractivity contribution in [3.8, 4) is 17.2 Å². The van der Waals surface area contributed by atoms with Gasteiger partial charge in [-0.25, -0.2) is 4.79 Å². The largest absolute Gasteiger partial charge is 0.493 e. The van der Waals surface area contributed by atoms with Gasteiger partial charge in [-0.2, -0.15) is 0 Å². The molecule has 0 spiro atoms. The number of carbonyl (C=O) groups excluding carboxylic acids is 2. The molecule has 0 saturated carbocycles. The first kappa shape index (κ1) is 18.3. The quantitative estimate of drug-likeness (QED) is 0.559. The summed E-state index contributed by atoms with van der Waals surface area (Å²) in [6.45, 7) is 0. The van der Waals surface area contributed by atoms with Gasteiger partial charge in [0.15, 0.2) is 11.5 Å². The Kier molecular flexibility index (Phi) is 6.92. The Balaban J connectivity index is 3.34. The molecule has 0 saturated heterocycles. The molecule has 1 rings (SSSR count). The van der Waals surface area contributed by atoms with Gasteiger partial charge in [-0.05, 0) is 23.8 Å². The molecule has 7 nitrogen and oxygen atoms in total. The number of methoxy groups -OCH3 is 5. The number of hydrogen-bond acceptors (Lipinski definition) is 7. The highest BCUT2D eigenvalue weighted by Gasteiger charge is 2.17. The summed E-state index contributed by atoms with van der Waals surface area (Å²) in [7, 11) is 6.95. The van der Waals surface area contributed by atoms with E-state index in [-0.39, 0.29) is 12.0 Å². The average molecular weight is 324 g/mol. The predicted octanol–water partition coefficient (Wildman–Crippen LogP) is 1.83. The van der Waals surface area contributed by atoms with Crippen LogP contribution in [0.2, 0.25) is 0 Å². The van der Waals surface area contributed by atoms with Crippen molar-refractivity contribution in [2.24, 2.45) is 0 Å². The lowest BCUT2D eigenvalue weighted by atomic mass is 10.1. The second-order valence-corrected chi connectivity index (χ2v) is 4.37. The van der Waals surface area contributed by atoms with Gasteiger partial charge in [-0.3, -0.25) is 4.79 Å². The highest BCUT2D eigenvalue weighted by Crippen LogP contribution is 2.38. The average Bonchev–Trinajstić information content (AvgIpc) is 2.58. The molecule has 126 valence electrons. The van der Waals surface area contributed by atoms with Gasteiger partial charge < -0.3 is 23.7 Å². The van der Waals surface area contributed by atoms with Gasteiger partial charge in [-0.15, -0.1) is 0 Å². The Hall–Kier alpha value is -2.70. The van der Waals surface area contributed by atoms with Crippen LogP contribution < -0.4 is 14.2 Å². The molecule has 0 bridgehead atoms. The van der Waals surface area contributed by atoms with E-state index in [2.05, 4.69) is 9.47 Å². The summed E-state index contributed by atoms with van der Waals surface area (Å²) in [4.78, 5) is 23.3. The van der Waals surface area contributed by atoms with Crippen molar-refractivity contribution in [1.82, 2.24) is 0 Å². The Bertz CT molecular complexity index is 579. The van der Waals surface area contributed by atoms with Gasteiger partial charge in [0.2, 0.25) is 5.75 Å². The molecular formula is C16H20O7. The van der Waals surface area contributed by atoms with E-state index in [4.69, 9.17) is 14.2 Å². The maximum absolute atomic E-state index is 11.8. The number of benzene rings is 1. The van der Waals surface area contributed by atoms with Crippen molar-refractivity contribution in [2.45, 2.75) is 6.42 Å². The lowest BCUT2D eigenvalue weighted by Gasteiger charge is -2.13. The van der Waals surface area contributed by atoms with E-state index in [0.29, 0.717) is 22.8 Å². The number of hydrogen-bond donors (Lipinski definition) is 0. The summed E-state index contributed by atoms with van der Waals surface area (Å²) < 4.78 is 25.0. The highest BCUT2D eigenvalue weighted by atomic mass is 16.5. The van der Waals surface area contributed by atoms with Gasteiger partial charge in [0, 0.05) is 5.57 Å². The molecule has 1 aromatic carbocycles. The summed E-state index contributed by atoms with van der Waals surface area (Å²) in [6.07, 6.45) is 1.30. The maximum Gasteiger partial charge on any atom is 0.334 e. The van der Waals surface area contributed by atoms with E-state index in [1.807, 2.05) is 0 Å². The van der Waals surface area contributed by atoms with E-state index >= 15 is 0 Å². The van der Waals surface area contributed by atoms with Crippen LogP contribution in [-0.4, -0.2) is 47.5 Å². The van der Waals surface area contributed by atoms with E-state index in [9.17, 15) is 9.59 Å². The molecule has 0 aliphatic carbocycles. The molecule has 1 aromatic rings. The Morgan fingerprint density at radius 2 is 1.48 bits per heavy atom. The molecule has 0 heterocycles. The van der Waals surface area contributed by atoms with Crippen molar-refractivity contribution in [1.29, 1.82) is 0 Å². The third-order valence-corrected chi connectivity index (χ3v) is 3.04.